The van der Waals surface area contributed by atoms with Crippen molar-refractivity contribution in [1.82, 2.24) is 9.88 Å². The van der Waals surface area contributed by atoms with Crippen LogP contribution in [0, 0.1) is 5.92 Å². The lowest BCUT2D eigenvalue weighted by Gasteiger charge is -2.52. The van der Waals surface area contributed by atoms with Crippen molar-refractivity contribution in [3.63, 3.8) is 0 Å². The molecule has 1 fully saturated rings. The molecule has 2 heterocycles. The Balaban J connectivity index is 1.90. The van der Waals surface area contributed by atoms with Crippen LogP contribution < -0.4 is 0 Å². The third-order valence-electron chi connectivity index (χ3n) is 5.68. The summed E-state index contributed by atoms with van der Waals surface area (Å²) in [6, 6.07) is 6.52. The Bertz CT molecular complexity index is 769. The maximum atomic E-state index is 12.2. The first-order valence-corrected chi connectivity index (χ1v) is 8.03. The molecule has 0 saturated carbocycles. The van der Waals surface area contributed by atoms with Crippen LogP contribution in [0.1, 0.15) is 17.5 Å². The molecule has 5 heteroatoms. The quantitative estimate of drug-likeness (QED) is 0.862. The molecule has 2 aromatic rings. The fourth-order valence-electron chi connectivity index (χ4n) is 4.64. The fourth-order valence-corrected chi connectivity index (χ4v) is 4.64. The van der Waals surface area contributed by atoms with Crippen LogP contribution in [0.3, 0.4) is 0 Å². The lowest BCUT2D eigenvalue weighted by Crippen LogP contribution is -2.60. The third kappa shape index (κ3) is 1.90. The zero-order chi connectivity index (χ0) is 16.2. The van der Waals surface area contributed by atoms with Crippen LogP contribution in [0.4, 0.5) is 0 Å². The minimum atomic E-state index is -0.472. The second-order valence-corrected chi connectivity index (χ2v) is 6.72. The van der Waals surface area contributed by atoms with Crippen LogP contribution in [0.15, 0.2) is 24.4 Å². The minimum absolute atomic E-state index is 0.154. The number of hydrogen-bond acceptors (Lipinski definition) is 4. The first-order chi connectivity index (χ1) is 11.1. The third-order valence-corrected chi connectivity index (χ3v) is 5.68. The predicted octanol–water partition coefficient (Wildman–Crippen LogP) is 2.06. The number of methoxy groups -OCH3 is 2. The molecule has 4 rings (SSSR count). The molecule has 23 heavy (non-hydrogen) atoms. The number of carbonyl (C=O) groups is 1. The first kappa shape index (κ1) is 14.7. The smallest absolute Gasteiger partial charge is 0.310 e. The number of rotatable bonds is 2. The second kappa shape index (κ2) is 5.08. The van der Waals surface area contributed by atoms with Gasteiger partial charge < -0.3 is 14.5 Å². The van der Waals surface area contributed by atoms with Gasteiger partial charge in [0.05, 0.1) is 13.0 Å². The summed E-state index contributed by atoms with van der Waals surface area (Å²) >= 11 is 0. The molecule has 0 radical (unpaired) electrons. The molecular formula is C18H22N2O3. The van der Waals surface area contributed by atoms with Gasteiger partial charge in [0.1, 0.15) is 5.60 Å². The van der Waals surface area contributed by atoms with Gasteiger partial charge in [-0.05, 0) is 37.1 Å². The van der Waals surface area contributed by atoms with Crippen LogP contribution >= 0.6 is 0 Å². The molecule has 1 aromatic heterocycles. The Morgan fingerprint density at radius 3 is 2.96 bits per heavy atom. The summed E-state index contributed by atoms with van der Waals surface area (Å²) in [6.45, 7) is 0.707. The summed E-state index contributed by atoms with van der Waals surface area (Å²) in [5, 5.41) is 1.25. The largest absolute Gasteiger partial charge is 0.469 e. The number of hydrogen-bond donors (Lipinski definition) is 1. The number of likely N-dealkylation sites (N-methyl/N-ethyl adjacent to an activating group) is 1. The zero-order valence-corrected chi connectivity index (χ0v) is 13.8. The van der Waals surface area contributed by atoms with Gasteiger partial charge in [0.15, 0.2) is 0 Å². The molecule has 122 valence electrons. The number of aromatic nitrogens is 1. The Hall–Kier alpha value is -1.85. The van der Waals surface area contributed by atoms with Crippen molar-refractivity contribution in [3.05, 3.63) is 35.5 Å². The normalized spacial score (nSPS) is 30.2. The molecular weight excluding hydrogens is 292 g/mol. The van der Waals surface area contributed by atoms with E-state index in [1.807, 2.05) is 0 Å². The molecule has 1 aliphatic heterocycles. The standard InChI is InChI=1S/C18H22N2O3/c1-20-10-12(17(21)22-2)8-18(23-3)13-5-4-6-14-16(13)11(9-19-14)7-15(18)20/h4-6,9,12,15,19H,7-8,10H2,1-3H3/t12-,15-,18+/m1/s1. The van der Waals surface area contributed by atoms with Crippen molar-refractivity contribution in [2.24, 2.45) is 5.92 Å². The Morgan fingerprint density at radius 2 is 2.22 bits per heavy atom. The molecule has 0 bridgehead atoms. The van der Waals surface area contributed by atoms with E-state index in [0.717, 1.165) is 11.9 Å². The Kier molecular flexibility index (Phi) is 3.25. The highest BCUT2D eigenvalue weighted by Gasteiger charge is 2.53. The highest BCUT2D eigenvalue weighted by Crippen LogP contribution is 2.49. The Morgan fingerprint density at radius 1 is 1.39 bits per heavy atom. The van der Waals surface area contributed by atoms with Crippen LogP contribution in [0.5, 0.6) is 0 Å². The number of H-pyrrole nitrogens is 1. The zero-order valence-electron chi connectivity index (χ0n) is 13.8. The lowest BCUT2D eigenvalue weighted by molar-refractivity contribution is -0.163. The van der Waals surface area contributed by atoms with Crippen LogP contribution in [-0.2, 0) is 26.3 Å². The first-order valence-electron chi connectivity index (χ1n) is 8.03. The number of aromatic amines is 1. The van der Waals surface area contributed by atoms with E-state index in [2.05, 4.69) is 41.3 Å². The van der Waals surface area contributed by atoms with Gasteiger partial charge in [-0.3, -0.25) is 9.69 Å². The van der Waals surface area contributed by atoms with Crippen molar-refractivity contribution < 1.29 is 14.3 Å². The van der Waals surface area contributed by atoms with E-state index in [1.54, 1.807) is 7.11 Å². The number of nitrogens with zero attached hydrogens (tertiary/aromatic N) is 1. The number of nitrogens with one attached hydrogen (secondary N) is 1. The van der Waals surface area contributed by atoms with Gasteiger partial charge >= 0.3 is 5.97 Å². The van der Waals surface area contributed by atoms with Gasteiger partial charge in [-0.1, -0.05) is 12.1 Å². The summed E-state index contributed by atoms with van der Waals surface area (Å²) in [4.78, 5) is 17.8. The van der Waals surface area contributed by atoms with Gasteiger partial charge in [-0.15, -0.1) is 0 Å². The SMILES string of the molecule is COC(=O)[C@H]1CN(C)[C@@H]2Cc3c[nH]c4cccc(c34)[C@@]2(OC)C1. The number of piperidine rings is 1. The van der Waals surface area contributed by atoms with E-state index in [0.29, 0.717) is 13.0 Å². The summed E-state index contributed by atoms with van der Waals surface area (Å²) in [7, 11) is 5.29. The van der Waals surface area contributed by atoms with Crippen molar-refractivity contribution >= 4 is 16.9 Å². The summed E-state index contributed by atoms with van der Waals surface area (Å²) in [5.41, 5.74) is 3.18. The molecule has 1 N–H and O–H groups in total. The molecule has 1 saturated heterocycles. The van der Waals surface area contributed by atoms with Crippen LogP contribution in [-0.4, -0.2) is 49.7 Å². The highest BCUT2D eigenvalue weighted by molar-refractivity contribution is 5.89. The van der Waals surface area contributed by atoms with Crippen LogP contribution in [0.2, 0.25) is 0 Å². The molecule has 0 spiro atoms. The van der Waals surface area contributed by atoms with Gasteiger partial charge in [-0.25, -0.2) is 0 Å². The average Bonchev–Trinajstić information content (AvgIpc) is 2.99. The molecule has 0 unspecified atom stereocenters. The summed E-state index contributed by atoms with van der Waals surface area (Å²) in [5.74, 6) is -0.323. The van der Waals surface area contributed by atoms with Gasteiger partial charge in [-0.2, -0.15) is 0 Å². The average molecular weight is 314 g/mol. The van der Waals surface area contributed by atoms with Crippen molar-refractivity contribution in [3.8, 4) is 0 Å². The summed E-state index contributed by atoms with van der Waals surface area (Å²) < 4.78 is 11.1. The van der Waals surface area contributed by atoms with E-state index >= 15 is 0 Å². The van der Waals surface area contributed by atoms with Crippen molar-refractivity contribution in [2.75, 3.05) is 27.8 Å². The topological polar surface area (TPSA) is 54.6 Å². The van der Waals surface area contributed by atoms with Gasteiger partial charge in [0.2, 0.25) is 0 Å². The van der Waals surface area contributed by atoms with E-state index in [-0.39, 0.29) is 17.9 Å². The van der Waals surface area contributed by atoms with Crippen molar-refractivity contribution in [2.45, 2.75) is 24.5 Å². The maximum Gasteiger partial charge on any atom is 0.310 e. The lowest BCUT2D eigenvalue weighted by atomic mass is 9.68. The van der Waals surface area contributed by atoms with E-state index in [1.165, 1.54) is 23.6 Å². The Labute approximate surface area is 135 Å². The van der Waals surface area contributed by atoms with E-state index in [4.69, 9.17) is 9.47 Å². The van der Waals surface area contributed by atoms with Crippen molar-refractivity contribution in [1.29, 1.82) is 0 Å². The van der Waals surface area contributed by atoms with Crippen LogP contribution in [0.25, 0.3) is 10.9 Å². The number of benzene rings is 1. The minimum Gasteiger partial charge on any atom is -0.469 e. The number of likely N-dealkylation sites (tertiary alicyclic amines) is 1. The monoisotopic (exact) mass is 314 g/mol. The molecule has 3 atom stereocenters. The van der Waals surface area contributed by atoms with E-state index < -0.39 is 5.60 Å². The van der Waals surface area contributed by atoms with E-state index in [9.17, 15) is 4.79 Å². The molecule has 0 amide bonds. The molecule has 1 aliphatic carbocycles. The summed E-state index contributed by atoms with van der Waals surface area (Å²) in [6.07, 6.45) is 3.69. The number of carbonyl (C=O) groups excluding carboxylic acids is 1. The highest BCUT2D eigenvalue weighted by atomic mass is 16.5. The van der Waals surface area contributed by atoms with Gasteiger partial charge in [0, 0.05) is 36.8 Å². The number of esters is 1. The number of fused-ring (bicyclic) bond motifs is 2. The molecule has 1 aromatic carbocycles. The number of ether oxygens (including phenoxy) is 2. The molecule has 2 aliphatic rings. The van der Waals surface area contributed by atoms with Gasteiger partial charge in [0.25, 0.3) is 0 Å². The second-order valence-electron chi connectivity index (χ2n) is 6.72. The maximum absolute atomic E-state index is 12.2. The predicted molar refractivity (Wildman–Crippen MR) is 87.2 cm³/mol. The fraction of sp³-hybridized carbons (Fsp3) is 0.500. The molecule has 5 nitrogen and oxygen atoms in total.